The van der Waals surface area contributed by atoms with Crippen LogP contribution in [0.1, 0.15) is 34.1 Å². The van der Waals surface area contributed by atoms with Crippen molar-refractivity contribution in [2.45, 2.75) is 34.1 Å². The predicted octanol–water partition coefficient (Wildman–Crippen LogP) is 1.90. The molecule has 0 fully saturated rings. The van der Waals surface area contributed by atoms with E-state index < -0.39 is 0 Å². The lowest BCUT2D eigenvalue weighted by Crippen LogP contribution is -2.23. The van der Waals surface area contributed by atoms with Crippen LogP contribution in [-0.2, 0) is 4.79 Å². The van der Waals surface area contributed by atoms with Crippen molar-refractivity contribution in [1.29, 1.82) is 0 Å². The van der Waals surface area contributed by atoms with Crippen molar-refractivity contribution in [3.8, 4) is 0 Å². The second kappa shape index (κ2) is 8.47. The van der Waals surface area contributed by atoms with E-state index in [0.29, 0.717) is 0 Å². The summed E-state index contributed by atoms with van der Waals surface area (Å²) >= 11 is 0. The van der Waals surface area contributed by atoms with Crippen LogP contribution < -0.4 is 0 Å². The monoisotopic (exact) mass is 145 g/mol. The fraction of sp³-hybridized carbons (Fsp3) is 0.875. The lowest BCUT2D eigenvalue weighted by Gasteiger charge is -2.13. The molecule has 0 aliphatic rings. The van der Waals surface area contributed by atoms with E-state index in [-0.39, 0.29) is 7.43 Å². The molecule has 62 valence electrons. The van der Waals surface area contributed by atoms with Crippen LogP contribution in [0.25, 0.3) is 0 Å². The fourth-order valence-electron chi connectivity index (χ4n) is 0.792. The Bertz CT molecular complexity index is 67.7. The molecule has 0 aromatic heterocycles. The van der Waals surface area contributed by atoms with Crippen LogP contribution in [0, 0.1) is 0 Å². The second-order valence-corrected chi connectivity index (χ2v) is 2.14. The SMILES string of the molecule is C.CCCN(C=O)CCC. The van der Waals surface area contributed by atoms with Crippen molar-refractivity contribution >= 4 is 6.41 Å². The number of hydrogen-bond acceptors (Lipinski definition) is 1. The third kappa shape index (κ3) is 5.60. The smallest absolute Gasteiger partial charge is 0.209 e. The van der Waals surface area contributed by atoms with Gasteiger partial charge in [-0.25, -0.2) is 0 Å². The predicted molar refractivity (Wildman–Crippen MR) is 45.0 cm³/mol. The van der Waals surface area contributed by atoms with E-state index >= 15 is 0 Å². The van der Waals surface area contributed by atoms with Gasteiger partial charge in [-0.1, -0.05) is 21.3 Å². The Kier molecular flexibility index (Phi) is 10.3. The zero-order valence-corrected chi connectivity index (χ0v) is 6.26. The van der Waals surface area contributed by atoms with Crippen LogP contribution in [0.4, 0.5) is 0 Å². The van der Waals surface area contributed by atoms with E-state index in [9.17, 15) is 4.79 Å². The van der Waals surface area contributed by atoms with Crippen molar-refractivity contribution in [3.63, 3.8) is 0 Å². The minimum absolute atomic E-state index is 0. The zero-order valence-electron chi connectivity index (χ0n) is 6.26. The van der Waals surface area contributed by atoms with Crippen molar-refractivity contribution in [2.75, 3.05) is 13.1 Å². The van der Waals surface area contributed by atoms with Gasteiger partial charge in [0.1, 0.15) is 0 Å². The summed E-state index contributed by atoms with van der Waals surface area (Å²) in [6.45, 7) is 5.95. The first-order valence-corrected chi connectivity index (χ1v) is 3.54. The van der Waals surface area contributed by atoms with Gasteiger partial charge in [-0.2, -0.15) is 0 Å². The molecular formula is C8H19NO. The molecule has 0 heterocycles. The summed E-state index contributed by atoms with van der Waals surface area (Å²) in [4.78, 5) is 12.0. The van der Waals surface area contributed by atoms with E-state index in [4.69, 9.17) is 0 Å². The van der Waals surface area contributed by atoms with E-state index in [1.165, 1.54) is 0 Å². The molecule has 0 N–H and O–H groups in total. The van der Waals surface area contributed by atoms with Crippen LogP contribution in [0.5, 0.6) is 0 Å². The van der Waals surface area contributed by atoms with Crippen LogP contribution >= 0.6 is 0 Å². The highest BCUT2D eigenvalue weighted by Gasteiger charge is 1.94. The van der Waals surface area contributed by atoms with Gasteiger partial charge >= 0.3 is 0 Å². The molecule has 0 atom stereocenters. The van der Waals surface area contributed by atoms with Gasteiger partial charge in [0, 0.05) is 13.1 Å². The summed E-state index contributed by atoms with van der Waals surface area (Å²) in [6, 6.07) is 0. The summed E-state index contributed by atoms with van der Waals surface area (Å²) in [5, 5.41) is 0. The van der Waals surface area contributed by atoms with E-state index in [1.54, 1.807) is 4.90 Å². The highest BCUT2D eigenvalue weighted by Crippen LogP contribution is 1.88. The minimum atomic E-state index is 0. The molecule has 0 aromatic rings. The first-order chi connectivity index (χ1) is 4.35. The third-order valence-corrected chi connectivity index (χ3v) is 1.17. The minimum Gasteiger partial charge on any atom is -0.345 e. The highest BCUT2D eigenvalue weighted by molar-refractivity contribution is 5.46. The molecule has 10 heavy (non-hydrogen) atoms. The van der Waals surface area contributed by atoms with Crippen LogP contribution in [0.15, 0.2) is 0 Å². The molecule has 0 aliphatic carbocycles. The van der Waals surface area contributed by atoms with Crippen LogP contribution in [-0.4, -0.2) is 24.4 Å². The zero-order chi connectivity index (χ0) is 7.11. The van der Waals surface area contributed by atoms with Gasteiger partial charge in [0.2, 0.25) is 6.41 Å². The largest absolute Gasteiger partial charge is 0.345 e. The first-order valence-electron chi connectivity index (χ1n) is 3.54. The third-order valence-electron chi connectivity index (χ3n) is 1.17. The Hall–Kier alpha value is -0.530. The van der Waals surface area contributed by atoms with Gasteiger partial charge in [-0.15, -0.1) is 0 Å². The van der Waals surface area contributed by atoms with Crippen molar-refractivity contribution in [3.05, 3.63) is 0 Å². The Balaban J connectivity index is 0. The van der Waals surface area contributed by atoms with Crippen LogP contribution in [0.3, 0.4) is 0 Å². The molecule has 1 amide bonds. The number of carbonyl (C=O) groups is 1. The molecule has 0 saturated heterocycles. The topological polar surface area (TPSA) is 20.3 Å². The maximum atomic E-state index is 10.2. The average Bonchev–Trinajstić information content (AvgIpc) is 1.88. The second-order valence-electron chi connectivity index (χ2n) is 2.14. The van der Waals surface area contributed by atoms with Crippen molar-refractivity contribution in [2.24, 2.45) is 0 Å². The Labute approximate surface area is 64.2 Å². The van der Waals surface area contributed by atoms with Gasteiger partial charge < -0.3 is 4.90 Å². The number of hydrogen-bond donors (Lipinski definition) is 0. The van der Waals surface area contributed by atoms with Gasteiger partial charge in [0.25, 0.3) is 0 Å². The number of carbonyl (C=O) groups excluding carboxylic acids is 1. The standard InChI is InChI=1S/C7H15NO.CH4/c1-3-5-8(7-9)6-4-2;/h7H,3-6H2,1-2H3;1H4. The summed E-state index contributed by atoms with van der Waals surface area (Å²) in [5.74, 6) is 0. The number of amides is 1. The molecule has 0 saturated carbocycles. The number of rotatable bonds is 5. The van der Waals surface area contributed by atoms with Gasteiger partial charge in [0.05, 0.1) is 0 Å². The molecule has 2 heteroatoms. The van der Waals surface area contributed by atoms with E-state index in [2.05, 4.69) is 13.8 Å². The molecule has 0 aliphatic heterocycles. The summed E-state index contributed by atoms with van der Waals surface area (Å²) < 4.78 is 0. The van der Waals surface area contributed by atoms with E-state index in [1.807, 2.05) is 0 Å². The molecule has 0 unspecified atom stereocenters. The normalized spacial score (nSPS) is 8.20. The Morgan fingerprint density at radius 1 is 1.20 bits per heavy atom. The fourth-order valence-corrected chi connectivity index (χ4v) is 0.792. The summed E-state index contributed by atoms with van der Waals surface area (Å²) in [5.41, 5.74) is 0. The molecule has 0 radical (unpaired) electrons. The van der Waals surface area contributed by atoms with E-state index in [0.717, 1.165) is 32.3 Å². The molecular weight excluding hydrogens is 126 g/mol. The maximum Gasteiger partial charge on any atom is 0.209 e. The van der Waals surface area contributed by atoms with Gasteiger partial charge in [-0.05, 0) is 12.8 Å². The molecule has 0 rings (SSSR count). The lowest BCUT2D eigenvalue weighted by molar-refractivity contribution is -0.118. The molecule has 0 bridgehead atoms. The van der Waals surface area contributed by atoms with Crippen molar-refractivity contribution < 1.29 is 4.79 Å². The number of nitrogens with zero attached hydrogens (tertiary/aromatic N) is 1. The summed E-state index contributed by atoms with van der Waals surface area (Å²) in [7, 11) is 0. The first kappa shape index (κ1) is 12.2. The quantitative estimate of drug-likeness (QED) is 0.541. The molecule has 0 aromatic carbocycles. The maximum absolute atomic E-state index is 10.2. The molecule has 0 spiro atoms. The van der Waals surface area contributed by atoms with Crippen molar-refractivity contribution in [1.82, 2.24) is 4.90 Å². The highest BCUT2D eigenvalue weighted by atomic mass is 16.1. The van der Waals surface area contributed by atoms with Gasteiger partial charge in [-0.3, -0.25) is 4.79 Å². The lowest BCUT2D eigenvalue weighted by atomic mass is 10.4. The average molecular weight is 145 g/mol. The van der Waals surface area contributed by atoms with Gasteiger partial charge in [0.15, 0.2) is 0 Å². The molecule has 2 nitrogen and oxygen atoms in total. The Morgan fingerprint density at radius 2 is 1.60 bits per heavy atom. The Morgan fingerprint density at radius 3 is 1.80 bits per heavy atom. The van der Waals surface area contributed by atoms with Crippen LogP contribution in [0.2, 0.25) is 0 Å². The summed E-state index contributed by atoms with van der Waals surface area (Å²) in [6.07, 6.45) is 3.03.